The van der Waals surface area contributed by atoms with Crippen molar-refractivity contribution in [3.05, 3.63) is 64.3 Å². The molecule has 0 saturated heterocycles. The highest BCUT2D eigenvalue weighted by Gasteiger charge is 2.13. The number of carbonyl (C=O) groups is 1. The molecule has 0 saturated carbocycles. The molecular formula is C19H20ClN3O2S. The van der Waals surface area contributed by atoms with Crippen LogP contribution in [-0.4, -0.2) is 21.6 Å². The first-order chi connectivity index (χ1) is 12.6. The normalized spacial score (nSPS) is 11.9. The molecule has 2 heterocycles. The third-order valence-electron chi connectivity index (χ3n) is 3.79. The Bertz CT molecular complexity index is 831. The van der Waals surface area contributed by atoms with Gasteiger partial charge in [0, 0.05) is 29.9 Å². The second-order valence-corrected chi connectivity index (χ2v) is 7.75. The number of hydrogen-bond acceptors (Lipinski definition) is 4. The van der Waals surface area contributed by atoms with E-state index in [-0.39, 0.29) is 12.0 Å². The topological polar surface area (TPSA) is 56.1 Å². The van der Waals surface area contributed by atoms with Gasteiger partial charge in [-0.1, -0.05) is 11.6 Å². The summed E-state index contributed by atoms with van der Waals surface area (Å²) < 4.78 is 9.00. The molecule has 3 aromatic rings. The van der Waals surface area contributed by atoms with Gasteiger partial charge in [-0.25, -0.2) is 4.98 Å². The van der Waals surface area contributed by atoms with Gasteiger partial charge in [0.15, 0.2) is 0 Å². The molecule has 1 unspecified atom stereocenters. The van der Waals surface area contributed by atoms with Crippen LogP contribution >= 0.6 is 22.9 Å². The van der Waals surface area contributed by atoms with Gasteiger partial charge in [-0.2, -0.15) is 0 Å². The van der Waals surface area contributed by atoms with Gasteiger partial charge in [0.1, 0.15) is 11.9 Å². The molecule has 0 fully saturated rings. The highest BCUT2D eigenvalue weighted by molar-refractivity contribution is 7.16. The summed E-state index contributed by atoms with van der Waals surface area (Å²) in [4.78, 5) is 16.5. The van der Waals surface area contributed by atoms with Gasteiger partial charge in [-0.3, -0.25) is 4.79 Å². The Hall–Kier alpha value is -2.31. The first-order valence-electron chi connectivity index (χ1n) is 8.33. The monoisotopic (exact) mass is 389 g/mol. The number of nitrogens with one attached hydrogen (secondary N) is 1. The molecule has 136 valence electrons. The van der Waals surface area contributed by atoms with Crippen LogP contribution in [-0.2, 0) is 17.8 Å². The van der Waals surface area contributed by atoms with E-state index in [0.29, 0.717) is 6.54 Å². The minimum atomic E-state index is -0.0914. The standard InChI is InChI=1S/C19H20ClN3O2S/c1-14(24)22-15-2-4-16(5-3-15)25-17(12-23-11-10-21-13-23)6-7-18-8-9-19(20)26-18/h2-5,8-11,13,17H,6-7,12H2,1H3,(H,22,24). The molecule has 1 N–H and O–H groups in total. The number of aromatic nitrogens is 2. The number of nitrogens with zero attached hydrogens (tertiary/aromatic N) is 2. The van der Waals surface area contributed by atoms with Gasteiger partial charge in [-0.05, 0) is 49.2 Å². The SMILES string of the molecule is CC(=O)Nc1ccc(OC(CCc2ccc(Cl)s2)Cn2ccnc2)cc1. The molecule has 0 radical (unpaired) electrons. The number of imidazole rings is 1. The number of halogens is 1. The zero-order chi connectivity index (χ0) is 18.4. The van der Waals surface area contributed by atoms with E-state index in [9.17, 15) is 4.79 Å². The number of anilines is 1. The molecule has 0 spiro atoms. The van der Waals surface area contributed by atoms with Crippen molar-refractivity contribution in [3.8, 4) is 5.75 Å². The lowest BCUT2D eigenvalue weighted by atomic mass is 10.1. The summed E-state index contributed by atoms with van der Waals surface area (Å²) >= 11 is 7.62. The number of carbonyl (C=O) groups excluding carboxylic acids is 1. The number of hydrogen-bond donors (Lipinski definition) is 1. The predicted octanol–water partition coefficient (Wildman–Crippen LogP) is 4.64. The van der Waals surface area contributed by atoms with Crippen molar-refractivity contribution in [2.24, 2.45) is 0 Å². The minimum Gasteiger partial charge on any atom is -0.489 e. The fourth-order valence-corrected chi connectivity index (χ4v) is 3.72. The van der Waals surface area contributed by atoms with Crippen molar-refractivity contribution < 1.29 is 9.53 Å². The molecule has 1 aromatic carbocycles. The lowest BCUT2D eigenvalue weighted by molar-refractivity contribution is -0.114. The molecule has 2 aromatic heterocycles. The molecule has 0 aliphatic heterocycles. The summed E-state index contributed by atoms with van der Waals surface area (Å²) in [6.45, 7) is 2.20. The maximum absolute atomic E-state index is 11.1. The molecule has 1 amide bonds. The number of thiophene rings is 1. The van der Waals surface area contributed by atoms with Crippen LogP contribution in [0.5, 0.6) is 5.75 Å². The van der Waals surface area contributed by atoms with Crippen molar-refractivity contribution in [2.45, 2.75) is 32.4 Å². The van der Waals surface area contributed by atoms with Gasteiger partial charge in [0.25, 0.3) is 0 Å². The number of benzene rings is 1. The third kappa shape index (κ3) is 5.61. The Morgan fingerprint density at radius 2 is 2.12 bits per heavy atom. The fraction of sp³-hybridized carbons (Fsp3) is 0.263. The first-order valence-corrected chi connectivity index (χ1v) is 9.52. The maximum atomic E-state index is 11.1. The van der Waals surface area contributed by atoms with Crippen LogP contribution in [0.25, 0.3) is 0 Å². The Balaban J connectivity index is 1.65. The summed E-state index contributed by atoms with van der Waals surface area (Å²) in [5.41, 5.74) is 0.754. The summed E-state index contributed by atoms with van der Waals surface area (Å²) in [7, 11) is 0. The van der Waals surface area contributed by atoms with Crippen LogP contribution in [0.3, 0.4) is 0 Å². The molecule has 7 heteroatoms. The Labute approximate surface area is 161 Å². The number of aryl methyl sites for hydroxylation is 1. The minimum absolute atomic E-state index is 0.00306. The molecule has 0 bridgehead atoms. The third-order valence-corrected chi connectivity index (χ3v) is 5.08. The Morgan fingerprint density at radius 3 is 2.73 bits per heavy atom. The number of ether oxygens (including phenoxy) is 1. The zero-order valence-corrected chi connectivity index (χ0v) is 16.0. The average Bonchev–Trinajstić information content (AvgIpc) is 3.25. The first kappa shape index (κ1) is 18.5. The smallest absolute Gasteiger partial charge is 0.221 e. The van der Waals surface area contributed by atoms with Gasteiger partial charge >= 0.3 is 0 Å². The Kier molecular flexibility index (Phi) is 6.30. The summed E-state index contributed by atoms with van der Waals surface area (Å²) in [5.74, 6) is 0.680. The predicted molar refractivity (Wildman–Crippen MR) is 105 cm³/mol. The van der Waals surface area contributed by atoms with Crippen LogP contribution in [0.4, 0.5) is 5.69 Å². The van der Waals surface area contributed by atoms with E-state index < -0.39 is 0 Å². The summed E-state index contributed by atoms with van der Waals surface area (Å²) in [5, 5.41) is 2.75. The molecular weight excluding hydrogens is 370 g/mol. The average molecular weight is 390 g/mol. The van der Waals surface area contributed by atoms with Gasteiger partial charge in [0.05, 0.1) is 17.2 Å². The van der Waals surface area contributed by atoms with E-state index in [0.717, 1.165) is 28.6 Å². The van der Waals surface area contributed by atoms with Crippen LogP contribution in [0.2, 0.25) is 4.34 Å². The highest BCUT2D eigenvalue weighted by Crippen LogP contribution is 2.24. The second-order valence-electron chi connectivity index (χ2n) is 5.95. The summed E-state index contributed by atoms with van der Waals surface area (Å²) in [6.07, 6.45) is 7.24. The lowest BCUT2D eigenvalue weighted by Gasteiger charge is -2.20. The summed E-state index contributed by atoms with van der Waals surface area (Å²) in [6, 6.07) is 11.4. The van der Waals surface area contributed by atoms with E-state index >= 15 is 0 Å². The second kappa shape index (κ2) is 8.87. The van der Waals surface area contributed by atoms with E-state index in [4.69, 9.17) is 16.3 Å². The largest absolute Gasteiger partial charge is 0.489 e. The van der Waals surface area contributed by atoms with E-state index in [1.165, 1.54) is 11.8 Å². The number of rotatable bonds is 8. The molecule has 1 atom stereocenters. The molecule has 26 heavy (non-hydrogen) atoms. The van der Waals surface area contributed by atoms with Crippen LogP contribution < -0.4 is 10.1 Å². The van der Waals surface area contributed by atoms with Crippen molar-refractivity contribution >= 4 is 34.5 Å². The zero-order valence-electron chi connectivity index (χ0n) is 14.4. The molecule has 3 rings (SSSR count). The molecule has 5 nitrogen and oxygen atoms in total. The van der Waals surface area contributed by atoms with Crippen LogP contribution in [0.15, 0.2) is 55.1 Å². The number of amides is 1. The van der Waals surface area contributed by atoms with Crippen molar-refractivity contribution in [1.82, 2.24) is 9.55 Å². The quantitative estimate of drug-likeness (QED) is 0.610. The van der Waals surface area contributed by atoms with Gasteiger partial charge < -0.3 is 14.6 Å². The fourth-order valence-electron chi connectivity index (χ4n) is 2.62. The van der Waals surface area contributed by atoms with Crippen LogP contribution in [0.1, 0.15) is 18.2 Å². The van der Waals surface area contributed by atoms with E-state index in [1.54, 1.807) is 23.9 Å². The van der Waals surface area contributed by atoms with E-state index in [1.807, 2.05) is 41.1 Å². The maximum Gasteiger partial charge on any atom is 0.221 e. The Morgan fingerprint density at radius 1 is 1.31 bits per heavy atom. The van der Waals surface area contributed by atoms with Crippen LogP contribution in [0, 0.1) is 0 Å². The highest BCUT2D eigenvalue weighted by atomic mass is 35.5. The van der Waals surface area contributed by atoms with Crippen molar-refractivity contribution in [2.75, 3.05) is 5.32 Å². The van der Waals surface area contributed by atoms with Gasteiger partial charge in [-0.15, -0.1) is 11.3 Å². The van der Waals surface area contributed by atoms with Crippen molar-refractivity contribution in [3.63, 3.8) is 0 Å². The molecule has 0 aliphatic rings. The van der Waals surface area contributed by atoms with Crippen molar-refractivity contribution in [1.29, 1.82) is 0 Å². The lowest BCUT2D eigenvalue weighted by Crippen LogP contribution is -2.23. The van der Waals surface area contributed by atoms with Gasteiger partial charge in [0.2, 0.25) is 5.91 Å². The molecule has 0 aliphatic carbocycles. The van der Waals surface area contributed by atoms with E-state index in [2.05, 4.69) is 16.4 Å².